The molecule has 0 atom stereocenters. The van der Waals surface area contributed by atoms with Crippen LogP contribution < -0.4 is 9.62 Å². The molecular formula is C20H25FN2O3S2. The highest BCUT2D eigenvalue weighted by Crippen LogP contribution is 2.18. The number of nitrogens with one attached hydrogen (secondary N) is 1. The van der Waals surface area contributed by atoms with Crippen LogP contribution in [0.3, 0.4) is 0 Å². The Morgan fingerprint density at radius 1 is 1.18 bits per heavy atom. The molecule has 0 bridgehead atoms. The molecule has 0 saturated carbocycles. The Morgan fingerprint density at radius 2 is 1.93 bits per heavy atom. The van der Waals surface area contributed by atoms with E-state index in [0.29, 0.717) is 6.54 Å². The van der Waals surface area contributed by atoms with Gasteiger partial charge in [0.2, 0.25) is 15.9 Å². The van der Waals surface area contributed by atoms with Crippen LogP contribution in [0.5, 0.6) is 0 Å². The maximum absolute atomic E-state index is 13.4. The Kier molecular flexibility index (Phi) is 8.32. The number of carbonyl (C=O) groups excluding carboxylic acids is 1. The number of anilines is 1. The molecule has 0 aliphatic heterocycles. The summed E-state index contributed by atoms with van der Waals surface area (Å²) in [6.07, 6.45) is 1.77. The van der Waals surface area contributed by atoms with Crippen molar-refractivity contribution in [3.05, 3.63) is 65.5 Å². The van der Waals surface area contributed by atoms with Crippen molar-refractivity contribution in [3.8, 4) is 0 Å². The number of carbonyl (C=O) groups is 1. The third-order valence-electron chi connectivity index (χ3n) is 4.09. The standard InChI is InChI=1S/C20H25FN2O3S2/c1-16-7-3-4-8-17(16)15-27-12-6-11-22-20(24)14-23(28(2,25)26)19-10-5-9-18(21)13-19/h3-5,7-10,13H,6,11-12,14-15H2,1-2H3,(H,22,24). The van der Waals surface area contributed by atoms with E-state index in [9.17, 15) is 17.6 Å². The Morgan fingerprint density at radius 3 is 2.61 bits per heavy atom. The van der Waals surface area contributed by atoms with Crippen LogP contribution in [0, 0.1) is 12.7 Å². The van der Waals surface area contributed by atoms with Crippen LogP contribution in [0.4, 0.5) is 10.1 Å². The van der Waals surface area contributed by atoms with Crippen molar-refractivity contribution in [2.75, 3.05) is 29.4 Å². The molecule has 0 aliphatic rings. The first-order chi connectivity index (χ1) is 13.3. The van der Waals surface area contributed by atoms with Gasteiger partial charge in [-0.15, -0.1) is 0 Å². The lowest BCUT2D eigenvalue weighted by atomic mass is 10.1. The Balaban J connectivity index is 1.76. The van der Waals surface area contributed by atoms with Crippen molar-refractivity contribution in [1.29, 1.82) is 0 Å². The minimum atomic E-state index is -3.70. The molecular weight excluding hydrogens is 399 g/mol. The molecule has 0 fully saturated rings. The quantitative estimate of drug-likeness (QED) is 0.594. The summed E-state index contributed by atoms with van der Waals surface area (Å²) in [7, 11) is -3.70. The third-order valence-corrected chi connectivity index (χ3v) is 6.32. The molecule has 1 N–H and O–H groups in total. The van der Waals surface area contributed by atoms with E-state index in [2.05, 4.69) is 24.4 Å². The second-order valence-electron chi connectivity index (χ2n) is 6.43. The number of thioether (sulfide) groups is 1. The van der Waals surface area contributed by atoms with Gasteiger partial charge in [-0.3, -0.25) is 9.10 Å². The predicted octanol–water partition coefficient (Wildman–Crippen LogP) is 3.34. The predicted molar refractivity (Wildman–Crippen MR) is 114 cm³/mol. The van der Waals surface area contributed by atoms with Gasteiger partial charge in [0, 0.05) is 12.3 Å². The first-order valence-electron chi connectivity index (χ1n) is 8.89. The topological polar surface area (TPSA) is 66.5 Å². The average molecular weight is 425 g/mol. The summed E-state index contributed by atoms with van der Waals surface area (Å²) >= 11 is 1.79. The first-order valence-corrected chi connectivity index (χ1v) is 11.9. The number of aryl methyl sites for hydroxylation is 1. The van der Waals surface area contributed by atoms with E-state index in [4.69, 9.17) is 0 Å². The van der Waals surface area contributed by atoms with Crippen LogP contribution in [0.25, 0.3) is 0 Å². The molecule has 0 saturated heterocycles. The third kappa shape index (κ3) is 7.16. The molecule has 8 heteroatoms. The number of benzene rings is 2. The van der Waals surface area contributed by atoms with Gasteiger partial charge >= 0.3 is 0 Å². The van der Waals surface area contributed by atoms with E-state index in [1.807, 2.05) is 12.1 Å². The molecule has 0 heterocycles. The zero-order valence-electron chi connectivity index (χ0n) is 16.0. The van der Waals surface area contributed by atoms with Crippen molar-refractivity contribution in [2.24, 2.45) is 0 Å². The van der Waals surface area contributed by atoms with E-state index in [-0.39, 0.29) is 12.2 Å². The lowest BCUT2D eigenvalue weighted by Crippen LogP contribution is -2.40. The first kappa shape index (κ1) is 22.2. The lowest BCUT2D eigenvalue weighted by molar-refractivity contribution is -0.119. The van der Waals surface area contributed by atoms with E-state index < -0.39 is 21.7 Å². The van der Waals surface area contributed by atoms with Gasteiger partial charge in [0.15, 0.2) is 0 Å². The maximum Gasteiger partial charge on any atom is 0.240 e. The number of nitrogens with zero attached hydrogens (tertiary/aromatic N) is 1. The van der Waals surface area contributed by atoms with E-state index >= 15 is 0 Å². The Labute approximate surface area is 170 Å². The van der Waals surface area contributed by atoms with E-state index in [0.717, 1.165) is 34.6 Å². The number of sulfonamides is 1. The highest BCUT2D eigenvalue weighted by atomic mass is 32.2. The van der Waals surface area contributed by atoms with Gasteiger partial charge in [-0.2, -0.15) is 11.8 Å². The summed E-state index contributed by atoms with van der Waals surface area (Å²) in [4.78, 5) is 12.1. The molecule has 0 aromatic heterocycles. The largest absolute Gasteiger partial charge is 0.354 e. The lowest BCUT2D eigenvalue weighted by Gasteiger charge is -2.21. The van der Waals surface area contributed by atoms with Crippen LogP contribution in [0.15, 0.2) is 48.5 Å². The van der Waals surface area contributed by atoms with Crippen LogP contribution in [-0.4, -0.2) is 39.4 Å². The average Bonchev–Trinajstić information content (AvgIpc) is 2.63. The number of rotatable bonds is 10. The van der Waals surface area contributed by atoms with Crippen molar-refractivity contribution < 1.29 is 17.6 Å². The Hall–Kier alpha value is -2.06. The summed E-state index contributed by atoms with van der Waals surface area (Å²) in [6.45, 7) is 2.17. The second kappa shape index (κ2) is 10.5. The summed E-state index contributed by atoms with van der Waals surface area (Å²) in [6, 6.07) is 13.4. The van der Waals surface area contributed by atoms with E-state index in [1.54, 1.807) is 11.8 Å². The van der Waals surface area contributed by atoms with Gasteiger partial charge in [-0.05, 0) is 48.4 Å². The number of halogens is 1. The fourth-order valence-electron chi connectivity index (χ4n) is 2.57. The summed E-state index contributed by atoms with van der Waals surface area (Å²) in [5.41, 5.74) is 2.70. The van der Waals surface area contributed by atoms with Crippen LogP contribution >= 0.6 is 11.8 Å². The highest BCUT2D eigenvalue weighted by molar-refractivity contribution is 7.98. The van der Waals surface area contributed by atoms with Crippen LogP contribution in [-0.2, 0) is 20.6 Å². The van der Waals surface area contributed by atoms with Crippen molar-refractivity contribution in [3.63, 3.8) is 0 Å². The normalized spacial score (nSPS) is 11.2. The van der Waals surface area contributed by atoms with Crippen molar-refractivity contribution in [1.82, 2.24) is 5.32 Å². The Bertz CT molecular complexity index is 904. The zero-order chi connectivity index (χ0) is 20.6. The summed E-state index contributed by atoms with van der Waals surface area (Å²) in [5, 5.41) is 2.73. The molecule has 5 nitrogen and oxygen atoms in total. The summed E-state index contributed by atoms with van der Waals surface area (Å²) in [5.74, 6) is 0.826. The molecule has 0 aliphatic carbocycles. The minimum absolute atomic E-state index is 0.131. The highest BCUT2D eigenvalue weighted by Gasteiger charge is 2.21. The SMILES string of the molecule is Cc1ccccc1CSCCCNC(=O)CN(c1cccc(F)c1)S(C)(=O)=O. The monoisotopic (exact) mass is 424 g/mol. The zero-order valence-corrected chi connectivity index (χ0v) is 17.7. The van der Waals surface area contributed by atoms with Gasteiger partial charge in [0.05, 0.1) is 11.9 Å². The van der Waals surface area contributed by atoms with Gasteiger partial charge in [0.1, 0.15) is 12.4 Å². The number of hydrogen-bond acceptors (Lipinski definition) is 4. The molecule has 0 unspecified atom stereocenters. The maximum atomic E-state index is 13.4. The van der Waals surface area contributed by atoms with Gasteiger partial charge in [-0.25, -0.2) is 12.8 Å². The van der Waals surface area contributed by atoms with Crippen LogP contribution in [0.2, 0.25) is 0 Å². The number of amides is 1. The molecule has 0 radical (unpaired) electrons. The van der Waals surface area contributed by atoms with Crippen molar-refractivity contribution in [2.45, 2.75) is 19.1 Å². The molecule has 2 rings (SSSR count). The molecule has 0 spiro atoms. The number of hydrogen-bond donors (Lipinski definition) is 1. The van der Waals surface area contributed by atoms with Crippen LogP contribution in [0.1, 0.15) is 17.5 Å². The van der Waals surface area contributed by atoms with Gasteiger partial charge in [-0.1, -0.05) is 30.3 Å². The molecule has 2 aromatic carbocycles. The van der Waals surface area contributed by atoms with Crippen molar-refractivity contribution >= 4 is 33.4 Å². The van der Waals surface area contributed by atoms with E-state index in [1.165, 1.54) is 29.3 Å². The molecule has 152 valence electrons. The smallest absolute Gasteiger partial charge is 0.240 e. The second-order valence-corrected chi connectivity index (χ2v) is 9.44. The molecule has 2 aromatic rings. The fourth-order valence-corrected chi connectivity index (χ4v) is 4.46. The minimum Gasteiger partial charge on any atom is -0.354 e. The molecule has 28 heavy (non-hydrogen) atoms. The molecule has 1 amide bonds. The summed E-state index contributed by atoms with van der Waals surface area (Å²) < 4.78 is 38.3. The van der Waals surface area contributed by atoms with Gasteiger partial charge in [0.25, 0.3) is 0 Å². The fraction of sp³-hybridized carbons (Fsp3) is 0.350. The van der Waals surface area contributed by atoms with Gasteiger partial charge < -0.3 is 5.32 Å².